The number of nitrogens with one attached hydrogen (secondary N) is 1. The molecular formula is C18H19F2NO2. The van der Waals surface area contributed by atoms with E-state index in [-0.39, 0.29) is 17.7 Å². The van der Waals surface area contributed by atoms with E-state index >= 15 is 0 Å². The summed E-state index contributed by atoms with van der Waals surface area (Å²) in [6.45, 7) is 6.06. The molecule has 5 heteroatoms. The molecule has 0 atom stereocenters. The summed E-state index contributed by atoms with van der Waals surface area (Å²) < 4.78 is 31.6. The number of ether oxygens (including phenoxy) is 1. The molecule has 0 saturated heterocycles. The van der Waals surface area contributed by atoms with Crippen LogP contribution in [0.25, 0.3) is 0 Å². The highest BCUT2D eigenvalue weighted by Gasteiger charge is 2.13. The Morgan fingerprint density at radius 2 is 1.74 bits per heavy atom. The van der Waals surface area contributed by atoms with E-state index < -0.39 is 17.5 Å². The first-order chi connectivity index (χ1) is 10.8. The summed E-state index contributed by atoms with van der Waals surface area (Å²) in [7, 11) is 0. The molecule has 0 fully saturated rings. The van der Waals surface area contributed by atoms with Gasteiger partial charge in [0.2, 0.25) is 0 Å². The number of amides is 1. The Morgan fingerprint density at radius 1 is 1.09 bits per heavy atom. The van der Waals surface area contributed by atoms with Gasteiger partial charge in [0.1, 0.15) is 17.4 Å². The maximum Gasteiger partial charge on any atom is 0.262 e. The van der Waals surface area contributed by atoms with E-state index in [1.54, 1.807) is 12.1 Å². The monoisotopic (exact) mass is 319 g/mol. The quantitative estimate of drug-likeness (QED) is 0.913. The SMILES string of the molecule is CC(C)(C)c1ccc(OCC(=O)Nc2ccc(F)cc2F)cc1. The van der Waals surface area contributed by atoms with Crippen molar-refractivity contribution >= 4 is 11.6 Å². The fourth-order valence-electron chi connectivity index (χ4n) is 1.98. The van der Waals surface area contributed by atoms with Crippen LogP contribution in [0.2, 0.25) is 0 Å². The van der Waals surface area contributed by atoms with E-state index in [1.807, 2.05) is 12.1 Å². The van der Waals surface area contributed by atoms with Crippen LogP contribution >= 0.6 is 0 Å². The molecule has 0 unspecified atom stereocenters. The van der Waals surface area contributed by atoms with Gasteiger partial charge in [0.25, 0.3) is 5.91 Å². The predicted octanol–water partition coefficient (Wildman–Crippen LogP) is 4.28. The van der Waals surface area contributed by atoms with Gasteiger partial charge in [-0.25, -0.2) is 8.78 Å². The van der Waals surface area contributed by atoms with Crippen LogP contribution in [-0.4, -0.2) is 12.5 Å². The minimum atomic E-state index is -0.826. The van der Waals surface area contributed by atoms with E-state index in [2.05, 4.69) is 26.1 Å². The number of carbonyl (C=O) groups is 1. The Kier molecular flexibility index (Phi) is 4.98. The Balaban J connectivity index is 1.91. The van der Waals surface area contributed by atoms with Crippen LogP contribution < -0.4 is 10.1 Å². The molecule has 1 amide bonds. The Morgan fingerprint density at radius 3 is 2.30 bits per heavy atom. The van der Waals surface area contributed by atoms with Crippen molar-refractivity contribution in [3.8, 4) is 5.75 Å². The van der Waals surface area contributed by atoms with Crippen molar-refractivity contribution in [1.82, 2.24) is 0 Å². The molecule has 0 aliphatic carbocycles. The zero-order chi connectivity index (χ0) is 17.0. The number of hydrogen-bond acceptors (Lipinski definition) is 2. The van der Waals surface area contributed by atoms with Gasteiger partial charge in [0, 0.05) is 6.07 Å². The zero-order valence-corrected chi connectivity index (χ0v) is 13.3. The molecule has 0 aliphatic rings. The van der Waals surface area contributed by atoms with Gasteiger partial charge >= 0.3 is 0 Å². The van der Waals surface area contributed by atoms with Gasteiger partial charge in [-0.05, 0) is 35.2 Å². The van der Waals surface area contributed by atoms with Gasteiger partial charge in [-0.1, -0.05) is 32.9 Å². The van der Waals surface area contributed by atoms with Crippen LogP contribution in [0.3, 0.4) is 0 Å². The predicted molar refractivity (Wildman–Crippen MR) is 85.6 cm³/mol. The summed E-state index contributed by atoms with van der Waals surface area (Å²) in [6, 6.07) is 10.4. The van der Waals surface area contributed by atoms with Crippen molar-refractivity contribution in [2.75, 3.05) is 11.9 Å². The number of rotatable bonds is 4. The third-order valence-electron chi connectivity index (χ3n) is 3.30. The lowest BCUT2D eigenvalue weighted by Crippen LogP contribution is -2.21. The zero-order valence-electron chi connectivity index (χ0n) is 13.3. The van der Waals surface area contributed by atoms with Gasteiger partial charge in [-0.3, -0.25) is 4.79 Å². The molecule has 0 saturated carbocycles. The van der Waals surface area contributed by atoms with Crippen molar-refractivity contribution in [3.05, 3.63) is 59.7 Å². The number of halogens is 2. The fraction of sp³-hybridized carbons (Fsp3) is 0.278. The van der Waals surface area contributed by atoms with Crippen molar-refractivity contribution in [2.24, 2.45) is 0 Å². The van der Waals surface area contributed by atoms with E-state index in [0.29, 0.717) is 11.8 Å². The van der Waals surface area contributed by atoms with E-state index in [9.17, 15) is 13.6 Å². The summed E-state index contributed by atoms with van der Waals surface area (Å²) >= 11 is 0. The maximum atomic E-state index is 13.4. The molecule has 122 valence electrons. The first-order valence-electron chi connectivity index (χ1n) is 7.24. The largest absolute Gasteiger partial charge is 0.484 e. The van der Waals surface area contributed by atoms with Gasteiger partial charge in [-0.2, -0.15) is 0 Å². The van der Waals surface area contributed by atoms with Gasteiger partial charge in [0.15, 0.2) is 6.61 Å². The second-order valence-corrected chi connectivity index (χ2v) is 6.24. The van der Waals surface area contributed by atoms with Crippen molar-refractivity contribution < 1.29 is 18.3 Å². The smallest absolute Gasteiger partial charge is 0.262 e. The molecular weight excluding hydrogens is 300 g/mol. The first-order valence-corrected chi connectivity index (χ1v) is 7.24. The molecule has 3 nitrogen and oxygen atoms in total. The van der Waals surface area contributed by atoms with Crippen LogP contribution in [0, 0.1) is 11.6 Å². The molecule has 23 heavy (non-hydrogen) atoms. The van der Waals surface area contributed by atoms with Crippen molar-refractivity contribution in [1.29, 1.82) is 0 Å². The Bertz CT molecular complexity index is 691. The fourth-order valence-corrected chi connectivity index (χ4v) is 1.98. The molecule has 2 aromatic carbocycles. The second kappa shape index (κ2) is 6.77. The normalized spacial score (nSPS) is 11.2. The topological polar surface area (TPSA) is 38.3 Å². The number of anilines is 1. The highest BCUT2D eigenvalue weighted by molar-refractivity contribution is 5.91. The molecule has 0 aromatic heterocycles. The number of carbonyl (C=O) groups excluding carboxylic acids is 1. The molecule has 0 bridgehead atoms. The Hall–Kier alpha value is -2.43. The standard InChI is InChI=1S/C18H19F2NO2/c1-18(2,3)12-4-7-14(8-5-12)23-11-17(22)21-16-9-6-13(19)10-15(16)20/h4-10H,11H2,1-3H3,(H,21,22). The van der Waals surface area contributed by atoms with Crippen LogP contribution in [0.15, 0.2) is 42.5 Å². The highest BCUT2D eigenvalue weighted by Crippen LogP contribution is 2.24. The van der Waals surface area contributed by atoms with Gasteiger partial charge in [0.05, 0.1) is 5.69 Å². The van der Waals surface area contributed by atoms with Gasteiger partial charge < -0.3 is 10.1 Å². The third kappa shape index (κ3) is 4.77. The number of benzene rings is 2. The summed E-state index contributed by atoms with van der Waals surface area (Å²) in [5.74, 6) is -1.49. The average molecular weight is 319 g/mol. The minimum absolute atomic E-state index is 0.0377. The lowest BCUT2D eigenvalue weighted by molar-refractivity contribution is -0.118. The number of hydrogen-bond donors (Lipinski definition) is 1. The molecule has 0 heterocycles. The van der Waals surface area contributed by atoms with Crippen molar-refractivity contribution in [2.45, 2.75) is 26.2 Å². The maximum absolute atomic E-state index is 13.4. The summed E-state index contributed by atoms with van der Waals surface area (Å²) in [5.41, 5.74) is 1.11. The molecule has 2 aromatic rings. The lowest BCUT2D eigenvalue weighted by atomic mass is 9.87. The average Bonchev–Trinajstić information content (AvgIpc) is 2.47. The van der Waals surface area contributed by atoms with E-state index in [1.165, 1.54) is 6.07 Å². The second-order valence-electron chi connectivity index (χ2n) is 6.24. The van der Waals surface area contributed by atoms with Gasteiger partial charge in [-0.15, -0.1) is 0 Å². The van der Waals surface area contributed by atoms with Crippen molar-refractivity contribution in [3.63, 3.8) is 0 Å². The molecule has 0 radical (unpaired) electrons. The van der Waals surface area contributed by atoms with Crippen LogP contribution in [0.5, 0.6) is 5.75 Å². The summed E-state index contributed by atoms with van der Waals surface area (Å²) in [4.78, 5) is 11.8. The van der Waals surface area contributed by atoms with Crippen LogP contribution in [0.4, 0.5) is 14.5 Å². The molecule has 1 N–H and O–H groups in total. The minimum Gasteiger partial charge on any atom is -0.484 e. The van der Waals surface area contributed by atoms with Crippen LogP contribution in [-0.2, 0) is 10.2 Å². The highest BCUT2D eigenvalue weighted by atomic mass is 19.1. The summed E-state index contributed by atoms with van der Waals surface area (Å²) in [6.07, 6.45) is 0. The third-order valence-corrected chi connectivity index (χ3v) is 3.30. The van der Waals surface area contributed by atoms with Crippen LogP contribution in [0.1, 0.15) is 26.3 Å². The Labute approximate surface area is 134 Å². The molecule has 2 rings (SSSR count). The first kappa shape index (κ1) is 16.9. The lowest BCUT2D eigenvalue weighted by Gasteiger charge is -2.19. The molecule has 0 aliphatic heterocycles. The molecule has 0 spiro atoms. The van der Waals surface area contributed by atoms with E-state index in [0.717, 1.165) is 11.6 Å². The summed E-state index contributed by atoms with van der Waals surface area (Å²) in [5, 5.41) is 2.34. The van der Waals surface area contributed by atoms with E-state index in [4.69, 9.17) is 4.74 Å².